The summed E-state index contributed by atoms with van der Waals surface area (Å²) in [5.41, 5.74) is 0. The summed E-state index contributed by atoms with van der Waals surface area (Å²) in [6.07, 6.45) is 9.36. The highest BCUT2D eigenvalue weighted by atomic mass is 16.5. The van der Waals surface area contributed by atoms with Gasteiger partial charge in [0.2, 0.25) is 0 Å². The van der Waals surface area contributed by atoms with Crippen LogP contribution in [0.1, 0.15) is 86.0 Å². The van der Waals surface area contributed by atoms with Gasteiger partial charge in [-0.15, -0.1) is 0 Å². The third-order valence-corrected chi connectivity index (χ3v) is 4.89. The van der Waals surface area contributed by atoms with Crippen molar-refractivity contribution >= 4 is 5.97 Å². The first-order valence-corrected chi connectivity index (χ1v) is 9.54. The molecule has 0 radical (unpaired) electrons. The molecular weight excluding hydrogens is 274 g/mol. The zero-order chi connectivity index (χ0) is 16.8. The molecule has 0 bridgehead atoms. The Morgan fingerprint density at radius 3 is 1.73 bits per heavy atom. The second-order valence-electron chi connectivity index (χ2n) is 6.78. The molecule has 0 heterocycles. The smallest absolute Gasteiger partial charge is 0.306 e. The summed E-state index contributed by atoms with van der Waals surface area (Å²) in [6, 6.07) is 0. The van der Waals surface area contributed by atoms with Gasteiger partial charge in [0.1, 0.15) is 0 Å². The maximum atomic E-state index is 11.4. The van der Waals surface area contributed by atoms with Gasteiger partial charge in [0, 0.05) is 6.42 Å². The lowest BCUT2D eigenvalue weighted by atomic mass is 10.1. The van der Waals surface area contributed by atoms with Crippen LogP contribution >= 0.6 is 0 Å². The van der Waals surface area contributed by atoms with Crippen LogP contribution in [0.25, 0.3) is 0 Å². The lowest BCUT2D eigenvalue weighted by Crippen LogP contribution is -2.48. The first-order valence-electron chi connectivity index (χ1n) is 9.54. The summed E-state index contributed by atoms with van der Waals surface area (Å²) in [7, 11) is 0. The van der Waals surface area contributed by atoms with Crippen molar-refractivity contribution in [3.63, 3.8) is 0 Å². The molecule has 3 heteroatoms. The van der Waals surface area contributed by atoms with Gasteiger partial charge in [-0.1, -0.05) is 25.7 Å². The second kappa shape index (κ2) is 12.9. The highest BCUT2D eigenvalue weighted by Crippen LogP contribution is 2.13. The molecular formula is C19H40NO2+. The maximum absolute atomic E-state index is 11.4. The molecule has 0 aromatic carbocycles. The number of hydrogen-bond acceptors (Lipinski definition) is 2. The molecule has 0 spiro atoms. The molecule has 0 rings (SSSR count). The number of unbranched alkanes of at least 4 members (excludes halogenated alkanes) is 6. The summed E-state index contributed by atoms with van der Waals surface area (Å²) >= 11 is 0. The maximum Gasteiger partial charge on any atom is 0.306 e. The van der Waals surface area contributed by atoms with E-state index in [0.29, 0.717) is 6.42 Å². The molecule has 0 aliphatic carbocycles. The normalized spacial score (nSPS) is 11.9. The minimum Gasteiger partial charge on any atom is -0.463 e. The quantitative estimate of drug-likeness (QED) is 0.258. The predicted octanol–water partition coefficient (Wildman–Crippen LogP) is 4.94. The van der Waals surface area contributed by atoms with E-state index in [9.17, 15) is 4.79 Å². The number of rotatable bonds is 14. The van der Waals surface area contributed by atoms with Crippen molar-refractivity contribution in [3.8, 4) is 0 Å². The van der Waals surface area contributed by atoms with Crippen molar-refractivity contribution in [2.75, 3.05) is 26.2 Å². The highest BCUT2D eigenvalue weighted by molar-refractivity contribution is 5.69. The number of carbonyl (C=O) groups excluding carboxylic acids is 1. The van der Waals surface area contributed by atoms with Gasteiger partial charge in [-0.3, -0.25) is 4.79 Å². The third-order valence-electron chi connectivity index (χ3n) is 4.89. The second-order valence-corrected chi connectivity index (χ2v) is 6.78. The molecule has 0 aliphatic rings. The Balaban J connectivity index is 3.46. The first-order chi connectivity index (χ1) is 10.5. The zero-order valence-electron chi connectivity index (χ0n) is 15.8. The third kappa shape index (κ3) is 10.2. The van der Waals surface area contributed by atoms with Crippen LogP contribution in [0.4, 0.5) is 0 Å². The van der Waals surface area contributed by atoms with Crippen molar-refractivity contribution in [1.29, 1.82) is 0 Å². The summed E-state index contributed by atoms with van der Waals surface area (Å²) in [5.74, 6) is -0.0391. The fraction of sp³-hybridized carbons (Fsp3) is 0.947. The Labute approximate surface area is 139 Å². The van der Waals surface area contributed by atoms with E-state index in [2.05, 4.69) is 20.8 Å². The average Bonchev–Trinajstić information content (AvgIpc) is 2.49. The van der Waals surface area contributed by atoms with Crippen molar-refractivity contribution in [3.05, 3.63) is 0 Å². The Hall–Kier alpha value is -0.570. The minimum absolute atomic E-state index is 0.0207. The number of carbonyl (C=O) groups is 1. The van der Waals surface area contributed by atoms with Crippen LogP contribution in [0.5, 0.6) is 0 Å². The SMILES string of the molecule is CC[N+](CC)(CC)CCCCCCCCCC(=O)OC(C)C. The molecule has 132 valence electrons. The largest absolute Gasteiger partial charge is 0.463 e. The van der Waals surface area contributed by atoms with Gasteiger partial charge >= 0.3 is 5.97 Å². The average molecular weight is 315 g/mol. The van der Waals surface area contributed by atoms with E-state index in [0.717, 1.165) is 12.8 Å². The fourth-order valence-corrected chi connectivity index (χ4v) is 3.07. The fourth-order valence-electron chi connectivity index (χ4n) is 3.07. The van der Waals surface area contributed by atoms with Crippen LogP contribution in [-0.4, -0.2) is 42.7 Å². The summed E-state index contributed by atoms with van der Waals surface area (Å²) in [4.78, 5) is 11.4. The Kier molecular flexibility index (Phi) is 12.6. The lowest BCUT2D eigenvalue weighted by Gasteiger charge is -2.35. The summed E-state index contributed by atoms with van der Waals surface area (Å²) < 4.78 is 6.41. The van der Waals surface area contributed by atoms with E-state index < -0.39 is 0 Å². The van der Waals surface area contributed by atoms with Gasteiger partial charge in [-0.2, -0.15) is 0 Å². The molecule has 0 aliphatic heterocycles. The van der Waals surface area contributed by atoms with E-state index in [1.54, 1.807) is 0 Å². The van der Waals surface area contributed by atoms with E-state index in [1.807, 2.05) is 13.8 Å². The van der Waals surface area contributed by atoms with Gasteiger partial charge < -0.3 is 9.22 Å². The number of quaternary nitrogens is 1. The Morgan fingerprint density at radius 2 is 1.27 bits per heavy atom. The van der Waals surface area contributed by atoms with Crippen LogP contribution in [-0.2, 0) is 9.53 Å². The van der Waals surface area contributed by atoms with Crippen LogP contribution in [0.15, 0.2) is 0 Å². The van der Waals surface area contributed by atoms with Gasteiger partial charge in [-0.25, -0.2) is 0 Å². The lowest BCUT2D eigenvalue weighted by molar-refractivity contribution is -0.923. The predicted molar refractivity (Wildman–Crippen MR) is 94.9 cm³/mol. The molecule has 3 nitrogen and oxygen atoms in total. The first kappa shape index (κ1) is 21.4. The highest BCUT2D eigenvalue weighted by Gasteiger charge is 2.19. The zero-order valence-corrected chi connectivity index (χ0v) is 15.8. The molecule has 0 aromatic rings. The van der Waals surface area contributed by atoms with E-state index in [-0.39, 0.29) is 12.1 Å². The van der Waals surface area contributed by atoms with E-state index >= 15 is 0 Å². The van der Waals surface area contributed by atoms with Crippen molar-refractivity contribution < 1.29 is 14.0 Å². The molecule has 0 aromatic heterocycles. The Morgan fingerprint density at radius 1 is 0.818 bits per heavy atom. The van der Waals surface area contributed by atoms with Gasteiger partial charge in [0.05, 0.1) is 32.3 Å². The topological polar surface area (TPSA) is 26.3 Å². The van der Waals surface area contributed by atoms with E-state index in [4.69, 9.17) is 4.74 Å². The summed E-state index contributed by atoms with van der Waals surface area (Å²) in [5, 5.41) is 0. The monoisotopic (exact) mass is 314 g/mol. The molecule has 22 heavy (non-hydrogen) atoms. The molecule has 0 saturated heterocycles. The van der Waals surface area contributed by atoms with Crippen LogP contribution < -0.4 is 0 Å². The molecule has 0 saturated carbocycles. The van der Waals surface area contributed by atoms with Crippen molar-refractivity contribution in [1.82, 2.24) is 0 Å². The molecule has 0 atom stereocenters. The summed E-state index contributed by atoms with van der Waals surface area (Å²) in [6.45, 7) is 15.9. The standard InChI is InChI=1S/C19H40NO2/c1-6-20(7-2,8-3)17-15-13-11-9-10-12-14-16-19(21)22-18(4)5/h18H,6-17H2,1-5H3/q+1. The molecule has 0 N–H and O–H groups in total. The Bertz CT molecular complexity index is 264. The van der Waals surface area contributed by atoms with Gasteiger partial charge in [-0.05, 0) is 53.9 Å². The number of nitrogens with zero attached hydrogens (tertiary/aromatic N) is 1. The van der Waals surface area contributed by atoms with Crippen LogP contribution in [0.2, 0.25) is 0 Å². The van der Waals surface area contributed by atoms with Gasteiger partial charge in [0.15, 0.2) is 0 Å². The number of ether oxygens (including phenoxy) is 1. The van der Waals surface area contributed by atoms with E-state index in [1.165, 1.54) is 62.8 Å². The van der Waals surface area contributed by atoms with Crippen molar-refractivity contribution in [2.45, 2.75) is 92.1 Å². The van der Waals surface area contributed by atoms with Crippen molar-refractivity contribution in [2.24, 2.45) is 0 Å². The molecule has 0 fully saturated rings. The van der Waals surface area contributed by atoms with Gasteiger partial charge in [0.25, 0.3) is 0 Å². The molecule has 0 amide bonds. The number of hydrogen-bond donors (Lipinski definition) is 0. The van der Waals surface area contributed by atoms with Crippen LogP contribution in [0, 0.1) is 0 Å². The number of esters is 1. The van der Waals surface area contributed by atoms with Crippen LogP contribution in [0.3, 0.4) is 0 Å². The minimum atomic E-state index is -0.0391. The molecule has 0 unspecified atom stereocenters.